The van der Waals surface area contributed by atoms with Crippen molar-refractivity contribution in [3.8, 4) is 5.88 Å². The highest BCUT2D eigenvalue weighted by molar-refractivity contribution is 6.29. The molecule has 0 radical (unpaired) electrons. The van der Waals surface area contributed by atoms with Crippen molar-refractivity contribution < 1.29 is 4.74 Å². The molecule has 4 heteroatoms. The zero-order valence-corrected chi connectivity index (χ0v) is 8.58. The summed E-state index contributed by atoms with van der Waals surface area (Å²) < 4.78 is 5.34. The third-order valence-corrected chi connectivity index (χ3v) is 1.75. The van der Waals surface area contributed by atoms with E-state index in [0.717, 1.165) is 6.42 Å². The Morgan fingerprint density at radius 2 is 2.15 bits per heavy atom. The number of aromatic nitrogens is 2. The number of hydrogen-bond acceptors (Lipinski definition) is 3. The van der Waals surface area contributed by atoms with E-state index in [0.29, 0.717) is 23.6 Å². The van der Waals surface area contributed by atoms with Crippen molar-refractivity contribution in [1.29, 1.82) is 0 Å². The molecule has 0 saturated heterocycles. The molecular weight excluding hydrogens is 188 g/mol. The van der Waals surface area contributed by atoms with Crippen LogP contribution in [0.5, 0.6) is 5.88 Å². The van der Waals surface area contributed by atoms with E-state index >= 15 is 0 Å². The molecule has 0 fully saturated rings. The molecule has 1 aromatic heterocycles. The summed E-state index contributed by atoms with van der Waals surface area (Å²) in [7, 11) is 0. The minimum Gasteiger partial charge on any atom is -0.477 e. The van der Waals surface area contributed by atoms with Gasteiger partial charge in [0.1, 0.15) is 0 Å². The number of rotatable bonds is 4. The molecule has 0 N–H and O–H groups in total. The topological polar surface area (TPSA) is 35.0 Å². The average Bonchev–Trinajstić information content (AvgIpc) is 2.08. The quantitative estimate of drug-likeness (QED) is 0.750. The van der Waals surface area contributed by atoms with Crippen LogP contribution in [0.2, 0.25) is 5.15 Å². The molecule has 0 aliphatic rings. The van der Waals surface area contributed by atoms with Gasteiger partial charge in [-0.2, -0.15) is 0 Å². The van der Waals surface area contributed by atoms with Gasteiger partial charge in [0.25, 0.3) is 0 Å². The molecular formula is C9H13ClN2O. The summed E-state index contributed by atoms with van der Waals surface area (Å²) in [5, 5.41) is 7.82. The molecule has 0 aliphatic heterocycles. The van der Waals surface area contributed by atoms with E-state index in [9.17, 15) is 0 Å². The normalized spacial score (nSPS) is 10.5. The fourth-order valence-corrected chi connectivity index (χ4v) is 0.881. The third-order valence-electron chi connectivity index (χ3n) is 1.55. The average molecular weight is 201 g/mol. The van der Waals surface area contributed by atoms with Gasteiger partial charge in [-0.1, -0.05) is 25.4 Å². The molecule has 3 nitrogen and oxygen atoms in total. The third kappa shape index (κ3) is 4.08. The highest BCUT2D eigenvalue weighted by Gasteiger charge is 1.98. The molecule has 13 heavy (non-hydrogen) atoms. The first-order valence-corrected chi connectivity index (χ1v) is 4.68. The number of ether oxygens (including phenoxy) is 1. The van der Waals surface area contributed by atoms with Gasteiger partial charge in [-0.3, -0.25) is 0 Å². The van der Waals surface area contributed by atoms with E-state index in [2.05, 4.69) is 24.0 Å². The second-order valence-electron chi connectivity index (χ2n) is 3.23. The van der Waals surface area contributed by atoms with Crippen molar-refractivity contribution in [2.75, 3.05) is 6.61 Å². The molecule has 0 unspecified atom stereocenters. The highest BCUT2D eigenvalue weighted by atomic mass is 35.5. The van der Waals surface area contributed by atoms with E-state index in [-0.39, 0.29) is 0 Å². The van der Waals surface area contributed by atoms with Crippen LogP contribution in [0.1, 0.15) is 20.3 Å². The van der Waals surface area contributed by atoms with E-state index in [1.165, 1.54) is 0 Å². The smallest absolute Gasteiger partial charge is 0.233 e. The lowest BCUT2D eigenvalue weighted by Gasteiger charge is -2.05. The SMILES string of the molecule is CC(C)CCOc1ccc(Cl)nn1. The van der Waals surface area contributed by atoms with Crippen LogP contribution in [-0.2, 0) is 0 Å². The Balaban J connectivity index is 2.33. The van der Waals surface area contributed by atoms with Crippen LogP contribution in [0.4, 0.5) is 0 Å². The maximum atomic E-state index is 5.57. The molecule has 0 aliphatic carbocycles. The van der Waals surface area contributed by atoms with Gasteiger partial charge in [-0.25, -0.2) is 0 Å². The Labute approximate surface area is 83.1 Å². The Morgan fingerprint density at radius 1 is 1.38 bits per heavy atom. The summed E-state index contributed by atoms with van der Waals surface area (Å²) in [5.74, 6) is 1.17. The fraction of sp³-hybridized carbons (Fsp3) is 0.556. The van der Waals surface area contributed by atoms with Crippen molar-refractivity contribution in [2.24, 2.45) is 5.92 Å². The zero-order chi connectivity index (χ0) is 9.68. The molecule has 0 atom stereocenters. The van der Waals surface area contributed by atoms with Gasteiger partial charge < -0.3 is 4.74 Å². The first-order valence-electron chi connectivity index (χ1n) is 4.30. The van der Waals surface area contributed by atoms with Gasteiger partial charge >= 0.3 is 0 Å². The van der Waals surface area contributed by atoms with Gasteiger partial charge in [0.15, 0.2) is 5.15 Å². The van der Waals surface area contributed by atoms with Gasteiger partial charge in [0.05, 0.1) is 6.61 Å². The van der Waals surface area contributed by atoms with Gasteiger partial charge in [-0.05, 0) is 18.4 Å². The van der Waals surface area contributed by atoms with E-state index in [4.69, 9.17) is 16.3 Å². The lowest BCUT2D eigenvalue weighted by atomic mass is 10.1. The van der Waals surface area contributed by atoms with Crippen LogP contribution < -0.4 is 4.74 Å². The number of halogens is 1. The van der Waals surface area contributed by atoms with Crippen molar-refractivity contribution in [3.05, 3.63) is 17.3 Å². The standard InChI is InChI=1S/C9H13ClN2O/c1-7(2)5-6-13-9-4-3-8(10)11-12-9/h3-4,7H,5-6H2,1-2H3. The molecule has 0 bridgehead atoms. The van der Waals surface area contributed by atoms with E-state index < -0.39 is 0 Å². The maximum Gasteiger partial charge on any atom is 0.233 e. The molecule has 72 valence electrons. The maximum absolute atomic E-state index is 5.57. The van der Waals surface area contributed by atoms with Gasteiger partial charge in [0.2, 0.25) is 5.88 Å². The molecule has 0 aromatic carbocycles. The first-order chi connectivity index (χ1) is 6.18. The molecule has 0 saturated carbocycles. The molecule has 1 heterocycles. The lowest BCUT2D eigenvalue weighted by Crippen LogP contribution is -2.02. The van der Waals surface area contributed by atoms with Crippen molar-refractivity contribution in [1.82, 2.24) is 10.2 Å². The number of nitrogens with zero attached hydrogens (tertiary/aromatic N) is 2. The van der Waals surface area contributed by atoms with Crippen LogP contribution >= 0.6 is 11.6 Å². The number of hydrogen-bond donors (Lipinski definition) is 0. The first kappa shape index (κ1) is 10.3. The summed E-state index contributed by atoms with van der Waals surface area (Å²) in [6.07, 6.45) is 1.02. The van der Waals surface area contributed by atoms with Gasteiger partial charge in [0, 0.05) is 6.07 Å². The Kier molecular flexibility index (Phi) is 3.96. The van der Waals surface area contributed by atoms with Crippen molar-refractivity contribution in [2.45, 2.75) is 20.3 Å². The van der Waals surface area contributed by atoms with E-state index in [1.807, 2.05) is 0 Å². The second-order valence-corrected chi connectivity index (χ2v) is 3.61. The monoisotopic (exact) mass is 200 g/mol. The summed E-state index contributed by atoms with van der Waals surface area (Å²) >= 11 is 5.57. The molecule has 0 amide bonds. The van der Waals surface area contributed by atoms with E-state index in [1.54, 1.807) is 12.1 Å². The highest BCUT2D eigenvalue weighted by Crippen LogP contribution is 2.09. The molecule has 1 rings (SSSR count). The predicted octanol–water partition coefficient (Wildman–Crippen LogP) is 2.55. The molecule has 0 spiro atoms. The molecule has 1 aromatic rings. The predicted molar refractivity (Wildman–Crippen MR) is 52.0 cm³/mol. The minimum absolute atomic E-state index is 0.385. The summed E-state index contributed by atoms with van der Waals surface area (Å²) in [4.78, 5) is 0. The van der Waals surface area contributed by atoms with Crippen LogP contribution in [0.25, 0.3) is 0 Å². The van der Waals surface area contributed by atoms with Crippen molar-refractivity contribution in [3.63, 3.8) is 0 Å². The zero-order valence-electron chi connectivity index (χ0n) is 7.83. The minimum atomic E-state index is 0.385. The van der Waals surface area contributed by atoms with Crippen LogP contribution in [-0.4, -0.2) is 16.8 Å². The Bertz CT molecular complexity index is 248. The van der Waals surface area contributed by atoms with Crippen LogP contribution in [0.3, 0.4) is 0 Å². The van der Waals surface area contributed by atoms with Crippen LogP contribution in [0.15, 0.2) is 12.1 Å². The van der Waals surface area contributed by atoms with Crippen LogP contribution in [0, 0.1) is 5.92 Å². The Hall–Kier alpha value is -0.830. The Morgan fingerprint density at radius 3 is 2.69 bits per heavy atom. The fourth-order valence-electron chi connectivity index (χ4n) is 0.780. The largest absolute Gasteiger partial charge is 0.477 e. The van der Waals surface area contributed by atoms with Crippen molar-refractivity contribution >= 4 is 11.6 Å². The lowest BCUT2D eigenvalue weighted by molar-refractivity contribution is 0.276. The van der Waals surface area contributed by atoms with Gasteiger partial charge in [-0.15, -0.1) is 10.2 Å². The summed E-state index contributed by atoms with van der Waals surface area (Å²) in [6.45, 7) is 4.97. The second kappa shape index (κ2) is 5.02. The summed E-state index contributed by atoms with van der Waals surface area (Å²) in [5.41, 5.74) is 0. The summed E-state index contributed by atoms with van der Waals surface area (Å²) in [6, 6.07) is 3.38.